The van der Waals surface area contributed by atoms with Crippen LogP contribution in [0.4, 0.5) is 5.69 Å². The maximum atomic E-state index is 11.5. The first kappa shape index (κ1) is 21.8. The summed E-state index contributed by atoms with van der Waals surface area (Å²) in [6, 6.07) is 15.7. The second kappa shape index (κ2) is 10.2. The second-order valence-corrected chi connectivity index (χ2v) is 7.48. The lowest BCUT2D eigenvalue weighted by atomic mass is 10.0. The van der Waals surface area contributed by atoms with Gasteiger partial charge in [-0.2, -0.15) is 0 Å². The summed E-state index contributed by atoms with van der Waals surface area (Å²) in [7, 11) is 0. The lowest BCUT2D eigenvalue weighted by Crippen LogP contribution is -2.08. The molecule has 0 atom stereocenters. The lowest BCUT2D eigenvalue weighted by molar-refractivity contribution is -0.143. The Morgan fingerprint density at radius 2 is 2.00 bits per heavy atom. The van der Waals surface area contributed by atoms with Gasteiger partial charge in [-0.3, -0.25) is 9.79 Å². The molecule has 7 heteroatoms. The number of aromatic nitrogens is 1. The van der Waals surface area contributed by atoms with Gasteiger partial charge in [-0.15, -0.1) is 0 Å². The van der Waals surface area contributed by atoms with Gasteiger partial charge in [-0.05, 0) is 31.9 Å². The summed E-state index contributed by atoms with van der Waals surface area (Å²) in [5.41, 5.74) is 3.14. The van der Waals surface area contributed by atoms with Crippen LogP contribution in [-0.4, -0.2) is 42.4 Å². The van der Waals surface area contributed by atoms with Gasteiger partial charge in [0.1, 0.15) is 11.2 Å². The molecule has 1 aliphatic heterocycles. The first-order chi connectivity index (χ1) is 15.7. The van der Waals surface area contributed by atoms with Crippen LogP contribution in [-0.2, 0) is 9.53 Å². The van der Waals surface area contributed by atoms with Crippen LogP contribution in [0.5, 0.6) is 0 Å². The van der Waals surface area contributed by atoms with Crippen molar-refractivity contribution >= 4 is 33.5 Å². The predicted molar refractivity (Wildman–Crippen MR) is 125 cm³/mol. The first-order valence-corrected chi connectivity index (χ1v) is 11.0. The number of nitrogens with one attached hydrogen (secondary N) is 1. The Labute approximate surface area is 186 Å². The Hall–Kier alpha value is -3.45. The van der Waals surface area contributed by atoms with Gasteiger partial charge in [0.05, 0.1) is 12.0 Å². The average Bonchev–Trinajstić information content (AvgIpc) is 2.81. The third-order valence-electron chi connectivity index (χ3n) is 5.16. The summed E-state index contributed by atoms with van der Waals surface area (Å²) in [4.78, 5) is 21.0. The van der Waals surface area contributed by atoms with Gasteiger partial charge in [-0.1, -0.05) is 24.3 Å². The van der Waals surface area contributed by atoms with E-state index in [1.54, 1.807) is 6.92 Å². The van der Waals surface area contributed by atoms with E-state index in [0.29, 0.717) is 50.3 Å². The molecule has 0 radical (unpaired) electrons. The van der Waals surface area contributed by atoms with E-state index in [1.165, 1.54) is 0 Å². The van der Waals surface area contributed by atoms with Crippen molar-refractivity contribution < 1.29 is 19.1 Å². The number of carbonyl (C=O) groups is 1. The number of ether oxygens (including phenoxy) is 1. The molecular weight excluding hydrogens is 406 g/mol. The fourth-order valence-electron chi connectivity index (χ4n) is 3.65. The maximum absolute atomic E-state index is 11.5. The zero-order valence-electron chi connectivity index (χ0n) is 18.1. The van der Waals surface area contributed by atoms with Crippen molar-refractivity contribution in [2.24, 2.45) is 4.99 Å². The minimum Gasteiger partial charge on any atom is -0.466 e. The molecule has 4 rings (SSSR count). The number of carbonyl (C=O) groups excluding carboxylic acids is 1. The van der Waals surface area contributed by atoms with Gasteiger partial charge in [0.2, 0.25) is 0 Å². The van der Waals surface area contributed by atoms with Gasteiger partial charge in [0, 0.05) is 54.7 Å². The molecule has 0 fully saturated rings. The lowest BCUT2D eigenvalue weighted by Gasteiger charge is -2.12. The number of nitrogens with zero attached hydrogens (tertiary/aromatic N) is 2. The fourth-order valence-corrected chi connectivity index (χ4v) is 3.65. The summed E-state index contributed by atoms with van der Waals surface area (Å²) in [6.45, 7) is 3.53. The molecule has 0 aromatic heterocycles. The zero-order valence-corrected chi connectivity index (χ0v) is 18.1. The van der Waals surface area contributed by atoms with Crippen molar-refractivity contribution in [2.75, 3.05) is 31.6 Å². The van der Waals surface area contributed by atoms with Crippen molar-refractivity contribution in [1.82, 2.24) is 4.98 Å². The van der Waals surface area contributed by atoms with Crippen molar-refractivity contribution in [1.29, 1.82) is 0 Å². The van der Waals surface area contributed by atoms with E-state index in [0.717, 1.165) is 33.0 Å². The minimum atomic E-state index is -0.175. The van der Waals surface area contributed by atoms with Crippen LogP contribution in [0.3, 0.4) is 0 Å². The molecule has 0 saturated heterocycles. The number of fused-ring (bicyclic) bond motifs is 4. The Morgan fingerprint density at radius 1 is 1.16 bits per heavy atom. The molecule has 7 nitrogen and oxygen atoms in total. The van der Waals surface area contributed by atoms with Crippen LogP contribution in [0.2, 0.25) is 0 Å². The van der Waals surface area contributed by atoms with Crippen LogP contribution in [0.25, 0.3) is 33.3 Å². The largest absolute Gasteiger partial charge is 0.466 e. The average molecular weight is 434 g/mol. The number of rotatable bonds is 9. The molecule has 2 aliphatic rings. The van der Waals surface area contributed by atoms with Crippen LogP contribution >= 0.6 is 0 Å². The number of aliphatic hydroxyl groups excluding tert-OH is 1. The molecule has 166 valence electrons. The summed E-state index contributed by atoms with van der Waals surface area (Å²) in [5, 5.41) is 15.2. The molecule has 1 aliphatic carbocycles. The zero-order chi connectivity index (χ0) is 22.3. The quantitative estimate of drug-likeness (QED) is 0.178. The second-order valence-electron chi connectivity index (χ2n) is 7.48. The first-order valence-electron chi connectivity index (χ1n) is 11.0. The van der Waals surface area contributed by atoms with E-state index in [-0.39, 0.29) is 12.6 Å². The van der Waals surface area contributed by atoms with E-state index < -0.39 is 0 Å². The van der Waals surface area contributed by atoms with E-state index in [9.17, 15) is 4.79 Å². The highest BCUT2D eigenvalue weighted by atomic mass is 16.5. The number of hydrogen-bond donors (Lipinski definition) is 2. The van der Waals surface area contributed by atoms with Gasteiger partial charge in [0.25, 0.3) is 0 Å². The van der Waals surface area contributed by atoms with E-state index >= 15 is 0 Å². The normalized spacial score (nSPS) is 12.0. The SMILES string of the molecule is CCOC(=O)CCCNc1ccc2nc3c4ccccc4c(=NCCCO)cc-3oc2c1. The molecule has 32 heavy (non-hydrogen) atoms. The molecule has 0 spiro atoms. The van der Waals surface area contributed by atoms with E-state index in [2.05, 4.69) is 10.3 Å². The number of esters is 1. The van der Waals surface area contributed by atoms with Gasteiger partial charge >= 0.3 is 5.97 Å². The van der Waals surface area contributed by atoms with Crippen molar-refractivity contribution in [2.45, 2.75) is 26.2 Å². The number of hydrogen-bond acceptors (Lipinski definition) is 7. The van der Waals surface area contributed by atoms with Crippen LogP contribution in [0.15, 0.2) is 57.9 Å². The molecule has 2 N–H and O–H groups in total. The molecule has 2 aromatic rings. The van der Waals surface area contributed by atoms with Crippen molar-refractivity contribution in [3.63, 3.8) is 0 Å². The molecule has 1 heterocycles. The summed E-state index contributed by atoms with van der Waals surface area (Å²) in [6.07, 6.45) is 1.69. The van der Waals surface area contributed by atoms with E-state index in [1.807, 2.05) is 48.5 Å². The van der Waals surface area contributed by atoms with Gasteiger partial charge in [0.15, 0.2) is 11.3 Å². The molecule has 2 aromatic carbocycles. The fraction of sp³-hybridized carbons (Fsp3) is 0.320. The molecule has 0 amide bonds. The number of benzene rings is 3. The Morgan fingerprint density at radius 3 is 2.81 bits per heavy atom. The monoisotopic (exact) mass is 433 g/mol. The van der Waals surface area contributed by atoms with Crippen molar-refractivity contribution in [3.05, 3.63) is 53.9 Å². The summed E-state index contributed by atoms with van der Waals surface area (Å²) < 4.78 is 11.2. The highest BCUT2D eigenvalue weighted by Gasteiger charge is 2.15. The topological polar surface area (TPSA) is 97.0 Å². The third kappa shape index (κ3) is 4.89. The maximum Gasteiger partial charge on any atom is 0.305 e. The van der Waals surface area contributed by atoms with E-state index in [4.69, 9.17) is 19.2 Å². The minimum absolute atomic E-state index is 0.112. The predicted octanol–water partition coefficient (Wildman–Crippen LogP) is 4.12. The molecule has 0 bridgehead atoms. The Kier molecular flexibility index (Phi) is 6.97. The van der Waals surface area contributed by atoms with Crippen LogP contribution in [0.1, 0.15) is 26.2 Å². The molecule has 0 saturated carbocycles. The molecule has 0 unspecified atom stereocenters. The van der Waals surface area contributed by atoms with Crippen molar-refractivity contribution in [3.8, 4) is 11.5 Å². The number of anilines is 1. The van der Waals surface area contributed by atoms with Crippen LogP contribution < -0.4 is 10.7 Å². The highest BCUT2D eigenvalue weighted by Crippen LogP contribution is 2.31. The standard InChI is InChI=1S/C25H27N3O4/c1-2-31-24(30)9-5-12-26-17-10-11-20-22(15-17)32-23-16-21(27-13-6-14-29)18-7-3-4-8-19(18)25(23)28-20/h3-4,7-8,10-11,15-16,26,29H,2,5-6,9,12-14H2,1H3. The third-order valence-corrected chi connectivity index (χ3v) is 5.16. The Balaban J connectivity index is 1.65. The van der Waals surface area contributed by atoms with Gasteiger partial charge in [-0.25, -0.2) is 4.98 Å². The summed E-state index contributed by atoms with van der Waals surface area (Å²) >= 11 is 0. The Bertz CT molecular complexity index is 1270. The smallest absolute Gasteiger partial charge is 0.305 e. The van der Waals surface area contributed by atoms with Crippen LogP contribution in [0, 0.1) is 0 Å². The number of aliphatic hydroxyl groups is 1. The molecular formula is C25H27N3O4. The summed E-state index contributed by atoms with van der Waals surface area (Å²) in [5.74, 6) is 0.490. The van der Waals surface area contributed by atoms with Gasteiger partial charge < -0.3 is 19.6 Å². The highest BCUT2D eigenvalue weighted by molar-refractivity contribution is 5.96.